The first-order chi connectivity index (χ1) is 7.79. The summed E-state index contributed by atoms with van der Waals surface area (Å²) < 4.78 is 0. The molecule has 5 nitrogen and oxygen atoms in total. The zero-order valence-corrected chi connectivity index (χ0v) is 9.76. The van der Waals surface area contributed by atoms with E-state index in [1.165, 1.54) is 11.3 Å². The number of anilines is 1. The Morgan fingerprint density at radius 2 is 2.44 bits per heavy atom. The first-order valence-corrected chi connectivity index (χ1v) is 5.93. The van der Waals surface area contributed by atoms with Gasteiger partial charge in [-0.3, -0.25) is 10.1 Å². The average molecular weight is 257 g/mol. The molecule has 1 unspecified atom stereocenters. The van der Waals surface area contributed by atoms with Gasteiger partial charge in [-0.05, 0) is 12.3 Å². The molecule has 0 aromatic carbocycles. The minimum atomic E-state index is -0.281. The van der Waals surface area contributed by atoms with Crippen LogP contribution in [-0.4, -0.2) is 22.0 Å². The van der Waals surface area contributed by atoms with Crippen molar-refractivity contribution in [1.82, 2.24) is 15.5 Å². The second kappa shape index (κ2) is 5.09. The molecule has 1 atom stereocenters. The molecule has 0 aliphatic carbocycles. The van der Waals surface area contributed by atoms with E-state index in [0.717, 1.165) is 5.01 Å². The molecule has 2 N–H and O–H groups in total. The maximum atomic E-state index is 11.0. The molecule has 0 saturated carbocycles. The van der Waals surface area contributed by atoms with E-state index in [9.17, 15) is 4.79 Å². The Balaban J connectivity index is 2.04. The van der Waals surface area contributed by atoms with Crippen LogP contribution in [0.25, 0.3) is 0 Å². The molecule has 1 aromatic rings. The minimum Gasteiger partial charge on any atom is -0.378 e. The van der Waals surface area contributed by atoms with Gasteiger partial charge in [-0.15, -0.1) is 21.8 Å². The van der Waals surface area contributed by atoms with E-state index in [4.69, 9.17) is 11.6 Å². The van der Waals surface area contributed by atoms with Crippen LogP contribution < -0.4 is 10.6 Å². The summed E-state index contributed by atoms with van der Waals surface area (Å²) in [5.41, 5.74) is 0. The number of carbonyl (C=O) groups excluding carboxylic acids is 1. The highest BCUT2D eigenvalue weighted by Crippen LogP contribution is 2.23. The van der Waals surface area contributed by atoms with Gasteiger partial charge in [-0.1, -0.05) is 23.5 Å². The fourth-order valence-corrected chi connectivity index (χ4v) is 2.03. The van der Waals surface area contributed by atoms with Gasteiger partial charge in [-0.2, -0.15) is 0 Å². The van der Waals surface area contributed by atoms with Gasteiger partial charge >= 0.3 is 0 Å². The van der Waals surface area contributed by atoms with Crippen molar-refractivity contribution < 1.29 is 4.79 Å². The van der Waals surface area contributed by atoms with E-state index in [1.807, 2.05) is 24.4 Å². The highest BCUT2D eigenvalue weighted by Gasteiger charge is 2.14. The van der Waals surface area contributed by atoms with E-state index >= 15 is 0 Å². The summed E-state index contributed by atoms with van der Waals surface area (Å²) >= 11 is 6.69. The van der Waals surface area contributed by atoms with Crippen LogP contribution in [0.1, 0.15) is 11.0 Å². The maximum absolute atomic E-state index is 11.0. The molecule has 0 bridgehead atoms. The van der Waals surface area contributed by atoms with Crippen molar-refractivity contribution in [1.29, 1.82) is 0 Å². The van der Waals surface area contributed by atoms with Crippen LogP contribution in [0.2, 0.25) is 0 Å². The van der Waals surface area contributed by atoms with Crippen LogP contribution in [0.4, 0.5) is 5.13 Å². The Hall–Kier alpha value is -1.40. The predicted molar refractivity (Wildman–Crippen MR) is 63.4 cm³/mol. The summed E-state index contributed by atoms with van der Waals surface area (Å²) in [4.78, 5) is 11.0. The molecule has 2 rings (SSSR count). The lowest BCUT2D eigenvalue weighted by atomic mass is 10.2. The average Bonchev–Trinajstić information content (AvgIpc) is 2.78. The number of amides is 1. The van der Waals surface area contributed by atoms with Gasteiger partial charge in [0.25, 0.3) is 0 Å². The number of halogens is 1. The number of dihydropyridines is 1. The van der Waals surface area contributed by atoms with E-state index in [2.05, 4.69) is 20.8 Å². The maximum Gasteiger partial charge on any atom is 0.241 e. The molecule has 0 saturated heterocycles. The van der Waals surface area contributed by atoms with Crippen LogP contribution in [0.15, 0.2) is 24.4 Å². The molecular formula is C9H9ClN4OS. The largest absolute Gasteiger partial charge is 0.378 e. The van der Waals surface area contributed by atoms with Gasteiger partial charge in [0.2, 0.25) is 11.0 Å². The number of nitrogens with zero attached hydrogens (tertiary/aromatic N) is 2. The molecule has 16 heavy (non-hydrogen) atoms. The lowest BCUT2D eigenvalue weighted by Gasteiger charge is -2.11. The van der Waals surface area contributed by atoms with E-state index < -0.39 is 0 Å². The summed E-state index contributed by atoms with van der Waals surface area (Å²) in [6.07, 6.45) is 7.63. The molecule has 1 aliphatic rings. The Morgan fingerprint density at radius 3 is 3.12 bits per heavy atom. The fourth-order valence-electron chi connectivity index (χ4n) is 1.16. The van der Waals surface area contributed by atoms with Crippen LogP contribution in [0.5, 0.6) is 0 Å². The number of hydrogen-bond donors (Lipinski definition) is 2. The third-order valence-electron chi connectivity index (χ3n) is 1.86. The standard InChI is InChI=1S/C9H9ClN4OS/c10-5-7(15)12-9-14-13-8(16-9)6-3-1-2-4-11-6/h1-4,6,11H,5H2,(H,12,14,15). The predicted octanol–water partition coefficient (Wildman–Crippen LogP) is 1.43. The zero-order valence-electron chi connectivity index (χ0n) is 8.18. The van der Waals surface area contributed by atoms with Gasteiger partial charge in [0.1, 0.15) is 10.9 Å². The number of carbonyl (C=O) groups is 1. The molecule has 0 radical (unpaired) electrons. The number of hydrogen-bond acceptors (Lipinski definition) is 5. The Kier molecular flexibility index (Phi) is 3.53. The summed E-state index contributed by atoms with van der Waals surface area (Å²) in [6.45, 7) is 0. The summed E-state index contributed by atoms with van der Waals surface area (Å²) in [6, 6.07) is 0.0177. The molecular weight excluding hydrogens is 248 g/mol. The molecule has 0 fully saturated rings. The van der Waals surface area contributed by atoms with Crippen LogP contribution in [0.3, 0.4) is 0 Å². The molecule has 1 amide bonds. The van der Waals surface area contributed by atoms with Crippen LogP contribution in [-0.2, 0) is 4.79 Å². The van der Waals surface area contributed by atoms with Crippen molar-refractivity contribution in [3.63, 3.8) is 0 Å². The Labute approximate surface area is 101 Å². The normalized spacial score (nSPS) is 18.2. The third kappa shape index (κ3) is 2.59. The van der Waals surface area contributed by atoms with Crippen molar-refractivity contribution in [3.05, 3.63) is 29.4 Å². The fraction of sp³-hybridized carbons (Fsp3) is 0.222. The molecule has 84 valence electrons. The lowest BCUT2D eigenvalue weighted by Crippen LogP contribution is -2.14. The molecule has 1 aliphatic heterocycles. The monoisotopic (exact) mass is 256 g/mol. The smallest absolute Gasteiger partial charge is 0.241 e. The van der Waals surface area contributed by atoms with Gasteiger partial charge in [0.05, 0.1) is 6.04 Å². The first kappa shape index (κ1) is 11.1. The molecule has 7 heteroatoms. The summed E-state index contributed by atoms with van der Waals surface area (Å²) in [7, 11) is 0. The van der Waals surface area contributed by atoms with Gasteiger partial charge < -0.3 is 5.32 Å². The van der Waals surface area contributed by atoms with Crippen molar-refractivity contribution in [2.24, 2.45) is 0 Å². The number of aromatic nitrogens is 2. The molecule has 1 aromatic heterocycles. The third-order valence-corrected chi connectivity index (χ3v) is 3.03. The number of rotatable bonds is 3. The topological polar surface area (TPSA) is 66.9 Å². The van der Waals surface area contributed by atoms with Crippen LogP contribution in [0, 0.1) is 0 Å². The second-order valence-electron chi connectivity index (χ2n) is 3.02. The Morgan fingerprint density at radius 1 is 1.56 bits per heavy atom. The van der Waals surface area contributed by atoms with Crippen molar-refractivity contribution >= 4 is 34.0 Å². The highest BCUT2D eigenvalue weighted by molar-refractivity contribution is 7.15. The summed E-state index contributed by atoms with van der Waals surface area (Å²) in [5.74, 6) is -0.365. The number of allylic oxidation sites excluding steroid dienone is 2. The second-order valence-corrected chi connectivity index (χ2v) is 4.29. The van der Waals surface area contributed by atoms with Crippen molar-refractivity contribution in [2.75, 3.05) is 11.2 Å². The quantitative estimate of drug-likeness (QED) is 0.803. The first-order valence-electron chi connectivity index (χ1n) is 4.58. The van der Waals surface area contributed by atoms with Gasteiger partial charge in [0, 0.05) is 0 Å². The van der Waals surface area contributed by atoms with Crippen molar-refractivity contribution in [3.8, 4) is 0 Å². The van der Waals surface area contributed by atoms with Gasteiger partial charge in [0.15, 0.2) is 0 Å². The van der Waals surface area contributed by atoms with Crippen molar-refractivity contribution in [2.45, 2.75) is 6.04 Å². The SMILES string of the molecule is O=C(CCl)Nc1nnc(C2C=CC=CN2)s1. The highest BCUT2D eigenvalue weighted by atomic mass is 35.5. The molecule has 0 spiro atoms. The Bertz CT molecular complexity index is 442. The van der Waals surface area contributed by atoms with E-state index in [0.29, 0.717) is 5.13 Å². The molecule has 2 heterocycles. The van der Waals surface area contributed by atoms with E-state index in [-0.39, 0.29) is 17.8 Å². The lowest BCUT2D eigenvalue weighted by molar-refractivity contribution is -0.113. The zero-order chi connectivity index (χ0) is 11.4. The number of nitrogens with one attached hydrogen (secondary N) is 2. The van der Waals surface area contributed by atoms with E-state index in [1.54, 1.807) is 0 Å². The van der Waals surface area contributed by atoms with Gasteiger partial charge in [-0.25, -0.2) is 0 Å². The minimum absolute atomic E-state index is 0.0177. The number of alkyl halides is 1. The van der Waals surface area contributed by atoms with Crippen LogP contribution >= 0.6 is 22.9 Å². The summed E-state index contributed by atoms with van der Waals surface area (Å²) in [5, 5.41) is 14.8.